The molecule has 2 unspecified atom stereocenters. The number of carboxylic acids is 1. The van der Waals surface area contributed by atoms with Gasteiger partial charge in [-0.2, -0.15) is 12.6 Å². The Morgan fingerprint density at radius 3 is 2.28 bits per heavy atom. The number of rotatable bonds is 7. The molecule has 0 aromatic carbocycles. The Bertz CT molecular complexity index is 322. The molecule has 0 heterocycles. The molecule has 7 nitrogen and oxygen atoms in total. The van der Waals surface area contributed by atoms with Gasteiger partial charge in [-0.25, -0.2) is 4.79 Å². The molecule has 0 aromatic heterocycles. The predicted octanol–water partition coefficient (Wildman–Crippen LogP) is -1.41. The number of carbonyl (C=O) groups excluding carboxylic acids is 2. The number of nitrogens with one attached hydrogen (secondary N) is 2. The maximum absolute atomic E-state index is 11.4. The van der Waals surface area contributed by atoms with Gasteiger partial charge in [0.1, 0.15) is 6.04 Å². The molecule has 0 aliphatic carbocycles. The van der Waals surface area contributed by atoms with Gasteiger partial charge in [0.05, 0.1) is 12.6 Å². The van der Waals surface area contributed by atoms with Gasteiger partial charge in [0.2, 0.25) is 11.8 Å². The van der Waals surface area contributed by atoms with Crippen LogP contribution in [-0.4, -0.2) is 47.3 Å². The largest absolute Gasteiger partial charge is 0.480 e. The van der Waals surface area contributed by atoms with Crippen LogP contribution in [0.2, 0.25) is 0 Å². The van der Waals surface area contributed by atoms with Gasteiger partial charge < -0.3 is 21.5 Å². The average Bonchev–Trinajstić information content (AvgIpc) is 2.31. The zero-order valence-electron chi connectivity index (χ0n) is 10.3. The Hall–Kier alpha value is -1.28. The lowest BCUT2D eigenvalue weighted by Gasteiger charge is -2.16. The SMILES string of the molecule is CC(C)C(N)C(=O)NCC(=O)NC(CS)C(=O)O. The Labute approximate surface area is 111 Å². The molecule has 0 saturated heterocycles. The molecule has 0 rings (SSSR count). The minimum absolute atomic E-state index is 0.0273. The van der Waals surface area contributed by atoms with Crippen LogP contribution < -0.4 is 16.4 Å². The maximum atomic E-state index is 11.4. The smallest absolute Gasteiger partial charge is 0.327 e. The van der Waals surface area contributed by atoms with E-state index < -0.39 is 29.9 Å². The van der Waals surface area contributed by atoms with Gasteiger partial charge >= 0.3 is 5.97 Å². The van der Waals surface area contributed by atoms with Gasteiger partial charge in [0, 0.05) is 5.75 Å². The highest BCUT2D eigenvalue weighted by Gasteiger charge is 2.20. The molecule has 104 valence electrons. The summed E-state index contributed by atoms with van der Waals surface area (Å²) in [4.78, 5) is 33.4. The molecule has 0 saturated carbocycles. The minimum atomic E-state index is -1.18. The van der Waals surface area contributed by atoms with Crippen molar-refractivity contribution >= 4 is 30.4 Å². The first-order valence-corrected chi connectivity index (χ1v) is 6.09. The number of hydrogen-bond acceptors (Lipinski definition) is 5. The average molecular weight is 277 g/mol. The number of amides is 2. The second-order valence-electron chi connectivity index (χ2n) is 4.13. The maximum Gasteiger partial charge on any atom is 0.327 e. The monoisotopic (exact) mass is 277 g/mol. The summed E-state index contributed by atoms with van der Waals surface area (Å²) in [5.74, 6) is -2.29. The van der Waals surface area contributed by atoms with Crippen molar-refractivity contribution in [3.63, 3.8) is 0 Å². The first-order valence-electron chi connectivity index (χ1n) is 5.45. The van der Waals surface area contributed by atoms with E-state index in [-0.39, 0.29) is 18.2 Å². The van der Waals surface area contributed by atoms with Crippen LogP contribution in [0.3, 0.4) is 0 Å². The van der Waals surface area contributed by atoms with Crippen LogP contribution in [0.4, 0.5) is 0 Å². The van der Waals surface area contributed by atoms with Gasteiger partial charge in [-0.3, -0.25) is 9.59 Å². The minimum Gasteiger partial charge on any atom is -0.480 e. The van der Waals surface area contributed by atoms with Crippen molar-refractivity contribution in [2.24, 2.45) is 11.7 Å². The molecule has 2 atom stereocenters. The van der Waals surface area contributed by atoms with Gasteiger partial charge in [-0.15, -0.1) is 0 Å². The molecule has 0 aromatic rings. The zero-order valence-corrected chi connectivity index (χ0v) is 11.2. The van der Waals surface area contributed by atoms with Crippen molar-refractivity contribution in [1.82, 2.24) is 10.6 Å². The summed E-state index contributed by atoms with van der Waals surface area (Å²) in [6, 6.07) is -1.77. The Balaban J connectivity index is 4.11. The number of hydrogen-bond donors (Lipinski definition) is 5. The molecule has 8 heteroatoms. The van der Waals surface area contributed by atoms with E-state index in [4.69, 9.17) is 10.8 Å². The van der Waals surface area contributed by atoms with Gasteiger partial charge in [0.25, 0.3) is 0 Å². The lowest BCUT2D eigenvalue weighted by molar-refractivity contribution is -0.141. The van der Waals surface area contributed by atoms with Crippen LogP contribution in [0, 0.1) is 5.92 Å². The van der Waals surface area contributed by atoms with Gasteiger partial charge in [-0.1, -0.05) is 13.8 Å². The molecule has 0 bridgehead atoms. The molecule has 0 radical (unpaired) electrons. The van der Waals surface area contributed by atoms with E-state index in [0.717, 1.165) is 0 Å². The lowest BCUT2D eigenvalue weighted by atomic mass is 10.1. The van der Waals surface area contributed by atoms with E-state index in [2.05, 4.69) is 23.3 Å². The van der Waals surface area contributed by atoms with Crippen molar-refractivity contribution in [2.75, 3.05) is 12.3 Å². The number of carboxylic acid groups (broad SMARTS) is 1. The molecule has 5 N–H and O–H groups in total. The van der Waals surface area contributed by atoms with E-state index >= 15 is 0 Å². The Kier molecular flexibility index (Phi) is 7.37. The summed E-state index contributed by atoms with van der Waals surface area (Å²) in [7, 11) is 0. The van der Waals surface area contributed by atoms with Gasteiger partial charge in [-0.05, 0) is 5.92 Å². The molecule has 0 aliphatic heterocycles. The molecular formula is C10H19N3O4S. The van der Waals surface area contributed by atoms with Crippen molar-refractivity contribution in [3.05, 3.63) is 0 Å². The quantitative estimate of drug-likeness (QED) is 0.366. The van der Waals surface area contributed by atoms with Crippen LogP contribution in [0.5, 0.6) is 0 Å². The third kappa shape index (κ3) is 5.87. The second kappa shape index (κ2) is 7.93. The number of carbonyl (C=O) groups is 3. The summed E-state index contributed by atoms with van der Waals surface area (Å²) in [5, 5.41) is 13.2. The number of aliphatic carboxylic acids is 1. The Morgan fingerprint density at radius 2 is 1.89 bits per heavy atom. The van der Waals surface area contributed by atoms with Crippen LogP contribution in [0.15, 0.2) is 0 Å². The fourth-order valence-electron chi connectivity index (χ4n) is 1.02. The highest BCUT2D eigenvalue weighted by Crippen LogP contribution is 1.97. The number of nitrogens with two attached hydrogens (primary N) is 1. The lowest BCUT2D eigenvalue weighted by Crippen LogP contribution is -2.50. The summed E-state index contributed by atoms with van der Waals surface area (Å²) >= 11 is 3.79. The van der Waals surface area contributed by atoms with Crippen molar-refractivity contribution < 1.29 is 19.5 Å². The molecular weight excluding hydrogens is 258 g/mol. The predicted molar refractivity (Wildman–Crippen MR) is 69.2 cm³/mol. The zero-order chi connectivity index (χ0) is 14.3. The van der Waals surface area contributed by atoms with Crippen LogP contribution in [0.25, 0.3) is 0 Å². The van der Waals surface area contributed by atoms with Crippen LogP contribution >= 0.6 is 12.6 Å². The van der Waals surface area contributed by atoms with E-state index in [1.807, 2.05) is 0 Å². The van der Waals surface area contributed by atoms with Crippen molar-refractivity contribution in [1.29, 1.82) is 0 Å². The fraction of sp³-hybridized carbons (Fsp3) is 0.700. The first-order chi connectivity index (χ1) is 8.29. The summed E-state index contributed by atoms with van der Waals surface area (Å²) in [6.45, 7) is 3.26. The van der Waals surface area contributed by atoms with Crippen LogP contribution in [0.1, 0.15) is 13.8 Å². The normalized spacial score (nSPS) is 13.8. The summed E-state index contributed by atoms with van der Waals surface area (Å²) in [5.41, 5.74) is 5.57. The summed E-state index contributed by atoms with van der Waals surface area (Å²) < 4.78 is 0. The van der Waals surface area contributed by atoms with E-state index in [0.29, 0.717) is 0 Å². The summed E-state index contributed by atoms with van der Waals surface area (Å²) in [6.07, 6.45) is 0. The highest BCUT2D eigenvalue weighted by atomic mass is 32.1. The fourth-order valence-corrected chi connectivity index (χ4v) is 1.27. The third-order valence-electron chi connectivity index (χ3n) is 2.26. The molecule has 0 fully saturated rings. The first kappa shape index (κ1) is 16.7. The standard InChI is InChI=1S/C10H19N3O4S/c1-5(2)8(11)9(15)12-3-7(14)13-6(4-18)10(16)17/h5-6,8,18H,3-4,11H2,1-2H3,(H,12,15)(H,13,14)(H,16,17). The van der Waals surface area contributed by atoms with Crippen LogP contribution in [-0.2, 0) is 14.4 Å². The molecule has 0 spiro atoms. The van der Waals surface area contributed by atoms with E-state index in [9.17, 15) is 14.4 Å². The molecule has 2 amide bonds. The third-order valence-corrected chi connectivity index (χ3v) is 2.63. The van der Waals surface area contributed by atoms with Crippen molar-refractivity contribution in [3.8, 4) is 0 Å². The van der Waals surface area contributed by atoms with Gasteiger partial charge in [0.15, 0.2) is 0 Å². The van der Waals surface area contributed by atoms with Crippen molar-refractivity contribution in [2.45, 2.75) is 25.9 Å². The van der Waals surface area contributed by atoms with E-state index in [1.165, 1.54) is 0 Å². The highest BCUT2D eigenvalue weighted by molar-refractivity contribution is 7.80. The van der Waals surface area contributed by atoms with E-state index in [1.54, 1.807) is 13.8 Å². The number of thiol groups is 1. The topological polar surface area (TPSA) is 122 Å². The molecule has 0 aliphatic rings. The second-order valence-corrected chi connectivity index (χ2v) is 4.49. The Morgan fingerprint density at radius 1 is 1.33 bits per heavy atom. The molecule has 18 heavy (non-hydrogen) atoms.